The number of rotatable bonds is 0. The van der Waals surface area contributed by atoms with E-state index in [1.165, 1.54) is 0 Å². The number of aliphatic hydroxyl groups excluding tert-OH is 1. The first-order valence-electron chi connectivity index (χ1n) is 5.41. The predicted molar refractivity (Wildman–Crippen MR) is 62.4 cm³/mol. The summed E-state index contributed by atoms with van der Waals surface area (Å²) in [4.78, 5) is 17.6. The van der Waals surface area contributed by atoms with Gasteiger partial charge in [0.2, 0.25) is 5.88 Å². The van der Waals surface area contributed by atoms with Gasteiger partial charge in [-0.05, 0) is 22.0 Å². The molecule has 3 heterocycles. The molecule has 0 aliphatic carbocycles. The van der Waals surface area contributed by atoms with Gasteiger partial charge in [0.25, 0.3) is 5.91 Å². The molecule has 0 saturated carbocycles. The van der Waals surface area contributed by atoms with Gasteiger partial charge in [0.1, 0.15) is 12.7 Å². The van der Waals surface area contributed by atoms with Crippen molar-refractivity contribution in [1.29, 1.82) is 0 Å². The molecule has 1 aromatic rings. The maximum absolute atomic E-state index is 11.8. The largest absolute Gasteiger partial charge is 0.475 e. The number of carbonyl (C=O) groups is 1. The molecule has 2 aliphatic rings. The molecule has 0 spiro atoms. The number of nitrogens with zero attached hydrogens (tertiary/aromatic N) is 2. The van der Waals surface area contributed by atoms with E-state index in [2.05, 4.69) is 20.9 Å². The van der Waals surface area contributed by atoms with Crippen molar-refractivity contribution in [3.63, 3.8) is 0 Å². The van der Waals surface area contributed by atoms with E-state index in [4.69, 9.17) is 4.74 Å². The molecule has 0 unspecified atom stereocenters. The number of hydrogen-bond donors (Lipinski definition) is 1. The Morgan fingerprint density at radius 3 is 3.24 bits per heavy atom. The fourth-order valence-corrected chi connectivity index (χ4v) is 2.67. The summed E-state index contributed by atoms with van der Waals surface area (Å²) in [7, 11) is 0. The normalized spacial score (nSPS) is 27.2. The molecule has 0 radical (unpaired) electrons. The van der Waals surface area contributed by atoms with E-state index in [-0.39, 0.29) is 11.9 Å². The van der Waals surface area contributed by atoms with Gasteiger partial charge in [0.15, 0.2) is 0 Å². The summed E-state index contributed by atoms with van der Waals surface area (Å²) in [6, 6.07) is 1.84. The van der Waals surface area contributed by atoms with Gasteiger partial charge in [0, 0.05) is 22.7 Å². The Kier molecular flexibility index (Phi) is 2.56. The van der Waals surface area contributed by atoms with Crippen LogP contribution in [0, 0.1) is 0 Å². The van der Waals surface area contributed by atoms with Crippen molar-refractivity contribution in [2.45, 2.75) is 25.1 Å². The second-order valence-corrected chi connectivity index (χ2v) is 5.22. The second kappa shape index (κ2) is 3.96. The molecule has 1 N–H and O–H groups in total. The average molecular weight is 299 g/mol. The van der Waals surface area contributed by atoms with Crippen LogP contribution in [-0.2, 0) is 11.3 Å². The molecule has 6 heteroatoms. The van der Waals surface area contributed by atoms with Gasteiger partial charge in [-0.15, -0.1) is 0 Å². The maximum Gasteiger partial charge on any atom is 0.252 e. The van der Waals surface area contributed by atoms with Crippen LogP contribution in [0.3, 0.4) is 0 Å². The molecule has 2 aliphatic heterocycles. The SMILES string of the molecule is O=C1[C@@H](O)C[C@H]2COc3ncc(Br)cc3CN12. The van der Waals surface area contributed by atoms with Crippen molar-refractivity contribution >= 4 is 21.8 Å². The number of aromatic nitrogens is 1. The fraction of sp³-hybridized carbons (Fsp3) is 0.455. The zero-order valence-corrected chi connectivity index (χ0v) is 10.6. The first kappa shape index (κ1) is 11.0. The number of carbonyl (C=O) groups excluding carboxylic acids is 1. The lowest BCUT2D eigenvalue weighted by molar-refractivity contribution is -0.135. The second-order valence-electron chi connectivity index (χ2n) is 4.30. The minimum atomic E-state index is -0.884. The Bertz CT molecular complexity index is 480. The number of halogens is 1. The maximum atomic E-state index is 11.8. The van der Waals surface area contributed by atoms with Gasteiger partial charge >= 0.3 is 0 Å². The molecule has 2 atom stereocenters. The summed E-state index contributed by atoms with van der Waals surface area (Å²) in [5.41, 5.74) is 0.865. The third-order valence-corrected chi connectivity index (χ3v) is 3.58. The van der Waals surface area contributed by atoms with Crippen LogP contribution in [0.4, 0.5) is 0 Å². The predicted octanol–water partition coefficient (Wildman–Crippen LogP) is 0.698. The summed E-state index contributed by atoms with van der Waals surface area (Å²) in [6.45, 7) is 0.840. The molecular weight excluding hydrogens is 288 g/mol. The summed E-state index contributed by atoms with van der Waals surface area (Å²) >= 11 is 3.34. The molecule has 3 rings (SSSR count). The van der Waals surface area contributed by atoms with Gasteiger partial charge in [-0.1, -0.05) is 0 Å². The van der Waals surface area contributed by atoms with Gasteiger partial charge in [-0.25, -0.2) is 4.98 Å². The van der Waals surface area contributed by atoms with E-state index in [1.807, 2.05) is 6.07 Å². The molecule has 0 aromatic carbocycles. The summed E-state index contributed by atoms with van der Waals surface area (Å²) in [6.07, 6.45) is 1.23. The van der Waals surface area contributed by atoms with Gasteiger partial charge in [-0.2, -0.15) is 0 Å². The van der Waals surface area contributed by atoms with Crippen LogP contribution in [0.15, 0.2) is 16.7 Å². The van der Waals surface area contributed by atoms with Crippen molar-refractivity contribution in [2.24, 2.45) is 0 Å². The smallest absolute Gasteiger partial charge is 0.252 e. The first-order chi connectivity index (χ1) is 8.15. The van der Waals surface area contributed by atoms with E-state index >= 15 is 0 Å². The number of ether oxygens (including phenoxy) is 1. The van der Waals surface area contributed by atoms with Crippen LogP contribution in [0.2, 0.25) is 0 Å². The van der Waals surface area contributed by atoms with Crippen molar-refractivity contribution < 1.29 is 14.6 Å². The highest BCUT2D eigenvalue weighted by Crippen LogP contribution is 2.30. The minimum Gasteiger partial charge on any atom is -0.475 e. The Morgan fingerprint density at radius 1 is 1.59 bits per heavy atom. The molecule has 1 amide bonds. The van der Waals surface area contributed by atoms with Crippen LogP contribution in [0.25, 0.3) is 0 Å². The van der Waals surface area contributed by atoms with Crippen LogP contribution in [0.5, 0.6) is 5.88 Å². The van der Waals surface area contributed by atoms with Crippen LogP contribution < -0.4 is 4.74 Å². The molecule has 1 fully saturated rings. The topological polar surface area (TPSA) is 62.7 Å². The van der Waals surface area contributed by atoms with Crippen LogP contribution >= 0.6 is 15.9 Å². The lowest BCUT2D eigenvalue weighted by Crippen LogP contribution is -2.35. The molecular formula is C11H11BrN2O3. The zero-order valence-electron chi connectivity index (χ0n) is 8.97. The third kappa shape index (κ3) is 1.81. The van der Waals surface area contributed by atoms with Crippen molar-refractivity contribution in [3.8, 4) is 5.88 Å². The average Bonchev–Trinajstić information content (AvgIpc) is 2.49. The summed E-state index contributed by atoms with van der Waals surface area (Å²) < 4.78 is 6.43. The quantitative estimate of drug-likeness (QED) is 0.766. The van der Waals surface area contributed by atoms with E-state index in [1.54, 1.807) is 11.1 Å². The summed E-state index contributed by atoms with van der Waals surface area (Å²) in [5.74, 6) is 0.358. The highest BCUT2D eigenvalue weighted by Gasteiger charge is 2.40. The Hall–Kier alpha value is -1.14. The highest BCUT2D eigenvalue weighted by molar-refractivity contribution is 9.10. The Morgan fingerprint density at radius 2 is 2.41 bits per heavy atom. The molecule has 90 valence electrons. The fourth-order valence-electron chi connectivity index (χ4n) is 2.29. The van der Waals surface area contributed by atoms with Gasteiger partial charge in [0.05, 0.1) is 12.6 Å². The van der Waals surface area contributed by atoms with E-state index in [0.717, 1.165) is 10.0 Å². The lowest BCUT2D eigenvalue weighted by Gasteiger charge is -2.20. The first-order valence-corrected chi connectivity index (χ1v) is 6.20. The molecule has 1 aromatic heterocycles. The molecule has 0 bridgehead atoms. The van der Waals surface area contributed by atoms with E-state index in [9.17, 15) is 9.90 Å². The monoisotopic (exact) mass is 298 g/mol. The number of pyridine rings is 1. The van der Waals surface area contributed by atoms with E-state index in [0.29, 0.717) is 25.5 Å². The van der Waals surface area contributed by atoms with Crippen molar-refractivity contribution in [3.05, 3.63) is 22.3 Å². The lowest BCUT2D eigenvalue weighted by atomic mass is 10.2. The number of hydrogen-bond acceptors (Lipinski definition) is 4. The molecule has 17 heavy (non-hydrogen) atoms. The Balaban J connectivity index is 1.96. The highest BCUT2D eigenvalue weighted by atomic mass is 79.9. The van der Waals surface area contributed by atoms with Crippen molar-refractivity contribution in [1.82, 2.24) is 9.88 Å². The third-order valence-electron chi connectivity index (χ3n) is 3.15. The van der Waals surface area contributed by atoms with E-state index < -0.39 is 6.10 Å². The number of amides is 1. The van der Waals surface area contributed by atoms with Gasteiger partial charge < -0.3 is 14.7 Å². The number of fused-ring (bicyclic) bond motifs is 2. The zero-order chi connectivity index (χ0) is 12.0. The standard InChI is InChI=1S/C11H11BrN2O3/c12-7-1-6-4-14-8(2-9(15)11(14)16)5-17-10(6)13-3-7/h1,3,8-9,15H,2,4-5H2/t8-,9-/m0/s1. The van der Waals surface area contributed by atoms with Crippen molar-refractivity contribution in [2.75, 3.05) is 6.61 Å². The molecule has 1 saturated heterocycles. The van der Waals surface area contributed by atoms with Crippen LogP contribution in [-0.4, -0.2) is 39.7 Å². The summed E-state index contributed by atoms with van der Waals surface area (Å²) in [5, 5.41) is 9.55. The minimum absolute atomic E-state index is 0.0505. The van der Waals surface area contributed by atoms with Gasteiger partial charge in [-0.3, -0.25) is 4.79 Å². The number of aliphatic hydroxyl groups is 1. The Labute approximate surface area is 107 Å². The van der Waals surface area contributed by atoms with Crippen LogP contribution in [0.1, 0.15) is 12.0 Å². The molecule has 5 nitrogen and oxygen atoms in total.